The van der Waals surface area contributed by atoms with E-state index in [0.717, 1.165) is 24.9 Å². The Bertz CT molecular complexity index is 1170. The quantitative estimate of drug-likeness (QED) is 0.642. The Morgan fingerprint density at radius 1 is 1.22 bits per heavy atom. The number of methoxy groups -OCH3 is 1. The molecule has 7 nitrogen and oxygen atoms in total. The van der Waals surface area contributed by atoms with Gasteiger partial charge in [0.05, 0.1) is 22.9 Å². The van der Waals surface area contributed by atoms with E-state index in [0.29, 0.717) is 34.7 Å². The Morgan fingerprint density at radius 2 is 2.03 bits per heavy atom. The molecule has 8 heteroatoms. The molecule has 1 aliphatic carbocycles. The first-order valence-electron chi connectivity index (χ1n) is 10.8. The first-order valence-corrected chi connectivity index (χ1v) is 10.8. The number of piperidine rings is 1. The van der Waals surface area contributed by atoms with E-state index >= 15 is 0 Å². The number of carbonyl (C=O) groups excluding carboxylic acids is 2. The molecule has 2 bridgehead atoms. The van der Waals surface area contributed by atoms with E-state index in [4.69, 9.17) is 4.74 Å². The van der Waals surface area contributed by atoms with Gasteiger partial charge in [0, 0.05) is 31.9 Å². The number of amides is 2. The zero-order valence-corrected chi connectivity index (χ0v) is 17.9. The van der Waals surface area contributed by atoms with Crippen molar-refractivity contribution in [3.05, 3.63) is 59.7 Å². The van der Waals surface area contributed by atoms with Gasteiger partial charge in [-0.3, -0.25) is 9.59 Å². The molecule has 1 aromatic heterocycles. The molecule has 166 valence electrons. The van der Waals surface area contributed by atoms with Crippen molar-refractivity contribution in [3.63, 3.8) is 0 Å². The Balaban J connectivity index is 1.55. The third kappa shape index (κ3) is 3.86. The zero-order valence-electron chi connectivity index (χ0n) is 17.9. The third-order valence-corrected chi connectivity index (χ3v) is 6.44. The van der Waals surface area contributed by atoms with Crippen molar-refractivity contribution in [1.29, 1.82) is 0 Å². The van der Waals surface area contributed by atoms with Crippen molar-refractivity contribution in [2.24, 2.45) is 5.92 Å². The molecule has 2 aromatic carbocycles. The lowest BCUT2D eigenvalue weighted by Crippen LogP contribution is -2.38. The van der Waals surface area contributed by atoms with Gasteiger partial charge in [-0.1, -0.05) is 12.1 Å². The van der Waals surface area contributed by atoms with Gasteiger partial charge in [-0.25, -0.2) is 9.37 Å². The molecular formula is C24H25FN4O3. The van der Waals surface area contributed by atoms with Gasteiger partial charge in [0.15, 0.2) is 0 Å². The summed E-state index contributed by atoms with van der Waals surface area (Å²) in [4.78, 5) is 32.2. The monoisotopic (exact) mass is 436 g/mol. The van der Waals surface area contributed by atoms with Crippen LogP contribution in [0.4, 0.5) is 10.1 Å². The maximum atomic E-state index is 13.7. The first-order chi connectivity index (χ1) is 15.5. The van der Waals surface area contributed by atoms with Crippen LogP contribution in [0.2, 0.25) is 0 Å². The van der Waals surface area contributed by atoms with Gasteiger partial charge < -0.3 is 19.5 Å². The Labute approximate surface area is 185 Å². The van der Waals surface area contributed by atoms with Crippen molar-refractivity contribution >= 4 is 28.5 Å². The van der Waals surface area contributed by atoms with Crippen molar-refractivity contribution in [2.75, 3.05) is 25.6 Å². The van der Waals surface area contributed by atoms with E-state index in [1.54, 1.807) is 30.6 Å². The minimum atomic E-state index is -0.295. The number of carbonyl (C=O) groups is 2. The predicted molar refractivity (Wildman–Crippen MR) is 118 cm³/mol. The van der Waals surface area contributed by atoms with Crippen LogP contribution in [0.3, 0.4) is 0 Å². The van der Waals surface area contributed by atoms with Crippen LogP contribution in [-0.4, -0.2) is 52.6 Å². The van der Waals surface area contributed by atoms with E-state index in [1.165, 1.54) is 25.7 Å². The van der Waals surface area contributed by atoms with Crippen LogP contribution in [0.15, 0.2) is 42.7 Å². The molecule has 1 aliphatic heterocycles. The highest BCUT2D eigenvalue weighted by Gasteiger charge is 2.41. The second kappa shape index (κ2) is 8.35. The normalized spacial score (nSPS) is 19.6. The summed E-state index contributed by atoms with van der Waals surface area (Å²) in [6.07, 6.45) is 4.97. The molecule has 3 aromatic rings. The predicted octanol–water partition coefficient (Wildman–Crippen LogP) is 3.43. The van der Waals surface area contributed by atoms with Crippen LogP contribution in [0, 0.1) is 11.7 Å². The van der Waals surface area contributed by atoms with Gasteiger partial charge in [-0.05, 0) is 55.0 Å². The average Bonchev–Trinajstić information content (AvgIpc) is 3.51. The number of hydrogen-bond acceptors (Lipinski definition) is 4. The SMILES string of the molecule is COCC(=O)Nc1cc(C(=O)N2CC3CCC2C3)c2c(c1)ncn2Cc1ccc(F)cc1. The van der Waals surface area contributed by atoms with Crippen LogP contribution < -0.4 is 5.32 Å². The lowest BCUT2D eigenvalue weighted by molar-refractivity contribution is -0.119. The smallest absolute Gasteiger partial charge is 0.256 e. The Kier molecular flexibility index (Phi) is 5.38. The number of imidazole rings is 1. The summed E-state index contributed by atoms with van der Waals surface area (Å²) in [5.74, 6) is -0.0455. The van der Waals surface area contributed by atoms with Crippen molar-refractivity contribution in [1.82, 2.24) is 14.5 Å². The number of likely N-dealkylation sites (tertiary alicyclic amines) is 1. The summed E-state index contributed by atoms with van der Waals surface area (Å²) < 4.78 is 20.1. The molecule has 2 unspecified atom stereocenters. The molecule has 0 radical (unpaired) electrons. The van der Waals surface area contributed by atoms with Crippen molar-refractivity contribution in [2.45, 2.75) is 31.8 Å². The molecule has 2 fully saturated rings. The van der Waals surface area contributed by atoms with Gasteiger partial charge in [0.2, 0.25) is 5.91 Å². The van der Waals surface area contributed by atoms with E-state index in [-0.39, 0.29) is 30.3 Å². The highest BCUT2D eigenvalue weighted by Crippen LogP contribution is 2.39. The molecule has 5 rings (SSSR count). The number of hydrogen-bond donors (Lipinski definition) is 1. The van der Waals surface area contributed by atoms with Crippen molar-refractivity contribution in [3.8, 4) is 0 Å². The summed E-state index contributed by atoms with van der Waals surface area (Å²) in [7, 11) is 1.46. The standard InChI is InChI=1S/C24H25FN4O3/c1-32-13-22(30)27-18-9-20(24(31)29-12-16-4-7-19(29)8-16)23-21(10-18)26-14-28(23)11-15-2-5-17(25)6-3-15/h2-3,5-6,9-10,14,16,19H,4,7-8,11-13H2,1H3,(H,27,30). The van der Waals surface area contributed by atoms with Gasteiger partial charge in [0.25, 0.3) is 5.91 Å². The number of fused-ring (bicyclic) bond motifs is 3. The molecule has 32 heavy (non-hydrogen) atoms. The molecule has 0 spiro atoms. The first kappa shape index (κ1) is 20.6. The lowest BCUT2D eigenvalue weighted by atomic mass is 10.1. The number of nitrogens with one attached hydrogen (secondary N) is 1. The summed E-state index contributed by atoms with van der Waals surface area (Å²) >= 11 is 0. The fourth-order valence-corrected chi connectivity index (χ4v) is 5.01. The largest absolute Gasteiger partial charge is 0.375 e. The van der Waals surface area contributed by atoms with Crippen LogP contribution in [0.1, 0.15) is 35.2 Å². The number of benzene rings is 2. The molecule has 2 atom stereocenters. The molecular weight excluding hydrogens is 411 g/mol. The second-order valence-corrected chi connectivity index (χ2v) is 8.66. The minimum absolute atomic E-state index is 0.0362. The fourth-order valence-electron chi connectivity index (χ4n) is 5.01. The highest BCUT2D eigenvalue weighted by atomic mass is 19.1. The highest BCUT2D eigenvalue weighted by molar-refractivity contribution is 6.08. The van der Waals surface area contributed by atoms with Gasteiger partial charge in [-0.2, -0.15) is 0 Å². The maximum absolute atomic E-state index is 13.7. The van der Waals surface area contributed by atoms with Crippen LogP contribution in [0.5, 0.6) is 0 Å². The topological polar surface area (TPSA) is 76.5 Å². The van der Waals surface area contributed by atoms with Crippen LogP contribution in [-0.2, 0) is 16.1 Å². The number of rotatable bonds is 6. The van der Waals surface area contributed by atoms with E-state index in [1.807, 2.05) is 9.47 Å². The molecule has 2 aliphatic rings. The van der Waals surface area contributed by atoms with Gasteiger partial charge >= 0.3 is 0 Å². The number of nitrogens with zero attached hydrogens (tertiary/aromatic N) is 3. The number of halogens is 1. The third-order valence-electron chi connectivity index (χ3n) is 6.44. The zero-order chi connectivity index (χ0) is 22.2. The number of anilines is 1. The van der Waals surface area contributed by atoms with E-state index < -0.39 is 0 Å². The van der Waals surface area contributed by atoms with Gasteiger partial charge in [0.1, 0.15) is 12.4 Å². The fraction of sp³-hybridized carbons (Fsp3) is 0.375. The molecule has 1 N–H and O–H groups in total. The molecule has 1 saturated carbocycles. The summed E-state index contributed by atoms with van der Waals surface area (Å²) in [6, 6.07) is 10.1. The summed E-state index contributed by atoms with van der Waals surface area (Å²) in [6.45, 7) is 1.16. The molecule has 1 saturated heterocycles. The van der Waals surface area contributed by atoms with Crippen LogP contribution >= 0.6 is 0 Å². The van der Waals surface area contributed by atoms with E-state index in [2.05, 4.69) is 10.3 Å². The van der Waals surface area contributed by atoms with E-state index in [9.17, 15) is 14.0 Å². The second-order valence-electron chi connectivity index (χ2n) is 8.66. The molecule has 2 amide bonds. The minimum Gasteiger partial charge on any atom is -0.375 e. The maximum Gasteiger partial charge on any atom is 0.256 e. The Morgan fingerprint density at radius 3 is 2.72 bits per heavy atom. The van der Waals surface area contributed by atoms with Gasteiger partial charge in [-0.15, -0.1) is 0 Å². The summed E-state index contributed by atoms with van der Waals surface area (Å²) in [5, 5.41) is 2.79. The number of aromatic nitrogens is 2. The summed E-state index contributed by atoms with van der Waals surface area (Å²) in [5.41, 5.74) is 3.27. The lowest BCUT2D eigenvalue weighted by Gasteiger charge is -2.27. The molecule has 2 heterocycles. The van der Waals surface area contributed by atoms with Crippen molar-refractivity contribution < 1.29 is 18.7 Å². The Hall–Kier alpha value is -3.26. The number of ether oxygens (including phenoxy) is 1. The van der Waals surface area contributed by atoms with Crippen LogP contribution in [0.25, 0.3) is 11.0 Å². The average molecular weight is 436 g/mol.